The van der Waals surface area contributed by atoms with Crippen molar-refractivity contribution in [2.24, 2.45) is 0 Å². The van der Waals surface area contributed by atoms with Gasteiger partial charge in [-0.3, -0.25) is 19.5 Å². The molecule has 0 aliphatic heterocycles. The zero-order chi connectivity index (χ0) is 21.1. The summed E-state index contributed by atoms with van der Waals surface area (Å²) in [6.07, 6.45) is 0.409. The molecule has 1 N–H and O–H groups in total. The molecular weight excluding hydrogens is 406 g/mol. The summed E-state index contributed by atoms with van der Waals surface area (Å²) in [5, 5.41) is 23.6. The first kappa shape index (κ1) is 19.7. The van der Waals surface area contributed by atoms with Crippen LogP contribution in [0.1, 0.15) is 0 Å². The molecule has 8 nitrogen and oxygen atoms in total. The van der Waals surface area contributed by atoms with Crippen molar-refractivity contribution in [3.8, 4) is 16.9 Å². The molecule has 0 aliphatic carbocycles. The van der Waals surface area contributed by atoms with Gasteiger partial charge in [-0.15, -0.1) is 11.3 Å². The van der Waals surface area contributed by atoms with E-state index in [9.17, 15) is 20.0 Å². The van der Waals surface area contributed by atoms with Crippen molar-refractivity contribution in [2.75, 3.05) is 6.61 Å². The van der Waals surface area contributed by atoms with Gasteiger partial charge in [-0.25, -0.2) is 4.98 Å². The zero-order valence-corrected chi connectivity index (χ0v) is 16.5. The highest BCUT2D eigenvalue weighted by Crippen LogP contribution is 2.30. The van der Waals surface area contributed by atoms with Gasteiger partial charge in [0.25, 0.3) is 11.2 Å². The third-order valence-electron chi connectivity index (χ3n) is 4.52. The molecule has 0 amide bonds. The van der Waals surface area contributed by atoms with Crippen LogP contribution in [0.3, 0.4) is 0 Å². The number of ether oxygens (including phenoxy) is 1. The predicted octanol–water partition coefficient (Wildman–Crippen LogP) is 3.47. The molecule has 0 fully saturated rings. The second-order valence-electron chi connectivity index (χ2n) is 6.62. The lowest BCUT2D eigenvalue weighted by atomic mass is 10.1. The first-order valence-electron chi connectivity index (χ1n) is 9.10. The first-order chi connectivity index (χ1) is 14.5. The molecular formula is C21H17N3O5S. The van der Waals surface area contributed by atoms with Crippen LogP contribution in [-0.2, 0) is 6.54 Å². The lowest BCUT2D eigenvalue weighted by Crippen LogP contribution is -2.30. The number of thiophene rings is 1. The Kier molecular flexibility index (Phi) is 5.55. The van der Waals surface area contributed by atoms with Gasteiger partial charge in [-0.05, 0) is 11.6 Å². The van der Waals surface area contributed by atoms with E-state index in [1.165, 1.54) is 40.4 Å². The Balaban J connectivity index is 1.52. The van der Waals surface area contributed by atoms with Gasteiger partial charge in [0.1, 0.15) is 23.3 Å². The second-order valence-corrected chi connectivity index (χ2v) is 7.48. The normalized spacial score (nSPS) is 12.0. The van der Waals surface area contributed by atoms with Crippen molar-refractivity contribution in [3.05, 3.63) is 86.8 Å². The molecule has 0 unspecified atom stereocenters. The number of hydrogen-bond acceptors (Lipinski definition) is 7. The largest absolute Gasteiger partial charge is 0.491 e. The highest BCUT2D eigenvalue weighted by Gasteiger charge is 2.15. The lowest BCUT2D eigenvalue weighted by Gasteiger charge is -2.14. The van der Waals surface area contributed by atoms with Crippen LogP contribution in [0.2, 0.25) is 0 Å². The summed E-state index contributed by atoms with van der Waals surface area (Å²) < 4.78 is 6.80. The summed E-state index contributed by atoms with van der Waals surface area (Å²) in [5.41, 5.74) is 1.40. The zero-order valence-electron chi connectivity index (χ0n) is 15.7. The van der Waals surface area contributed by atoms with E-state index in [1.54, 1.807) is 6.07 Å². The standard InChI is InChI=1S/C21H17N3O5S/c25-16(11-29-17-8-4-7-15(9-17)24(27)28)10-23-13-22-20-19(21(23)26)18(12-30-20)14-5-2-1-3-6-14/h1-9,12-13,16,25H,10-11H2/t16-/m0/s1. The fourth-order valence-corrected chi connectivity index (χ4v) is 3.99. The van der Waals surface area contributed by atoms with E-state index in [-0.39, 0.29) is 30.1 Å². The molecule has 0 aliphatic rings. The summed E-state index contributed by atoms with van der Waals surface area (Å²) in [7, 11) is 0. The monoisotopic (exact) mass is 423 g/mol. The number of nitrogens with zero attached hydrogens (tertiary/aromatic N) is 3. The number of nitro groups is 1. The van der Waals surface area contributed by atoms with Gasteiger partial charge in [0.15, 0.2) is 0 Å². The molecule has 30 heavy (non-hydrogen) atoms. The summed E-state index contributed by atoms with van der Waals surface area (Å²) in [4.78, 5) is 28.3. The summed E-state index contributed by atoms with van der Waals surface area (Å²) in [5.74, 6) is 0.272. The number of aliphatic hydroxyl groups is 1. The Morgan fingerprint density at radius 1 is 1.20 bits per heavy atom. The summed E-state index contributed by atoms with van der Waals surface area (Å²) in [6.45, 7) is -0.137. The van der Waals surface area contributed by atoms with Gasteiger partial charge in [0.2, 0.25) is 0 Å². The maximum Gasteiger partial charge on any atom is 0.273 e. The first-order valence-corrected chi connectivity index (χ1v) is 9.98. The van der Waals surface area contributed by atoms with Crippen LogP contribution in [-0.4, -0.2) is 32.3 Å². The van der Waals surface area contributed by atoms with Gasteiger partial charge in [-0.2, -0.15) is 0 Å². The molecule has 2 aromatic heterocycles. The Bertz CT molecular complexity index is 1250. The van der Waals surface area contributed by atoms with Crippen LogP contribution in [0.25, 0.3) is 21.3 Å². The molecule has 1 atom stereocenters. The van der Waals surface area contributed by atoms with Gasteiger partial charge in [0, 0.05) is 17.0 Å². The van der Waals surface area contributed by atoms with E-state index in [0.29, 0.717) is 10.2 Å². The van der Waals surface area contributed by atoms with E-state index in [1.807, 2.05) is 35.7 Å². The second kappa shape index (κ2) is 8.44. The third-order valence-corrected chi connectivity index (χ3v) is 5.41. The minimum atomic E-state index is -1.000. The smallest absolute Gasteiger partial charge is 0.273 e. The van der Waals surface area contributed by atoms with E-state index in [4.69, 9.17) is 4.74 Å². The quantitative estimate of drug-likeness (QED) is 0.360. The molecule has 0 spiro atoms. The van der Waals surface area contributed by atoms with Crippen molar-refractivity contribution >= 4 is 27.2 Å². The number of hydrogen-bond donors (Lipinski definition) is 1. The number of aromatic nitrogens is 2. The van der Waals surface area contributed by atoms with Crippen molar-refractivity contribution in [1.82, 2.24) is 9.55 Å². The van der Waals surface area contributed by atoms with Crippen LogP contribution < -0.4 is 10.3 Å². The Labute approximate surface area is 174 Å². The van der Waals surface area contributed by atoms with Crippen LogP contribution in [0.5, 0.6) is 5.75 Å². The maximum atomic E-state index is 13.0. The van der Waals surface area contributed by atoms with Gasteiger partial charge >= 0.3 is 0 Å². The van der Waals surface area contributed by atoms with Crippen molar-refractivity contribution < 1.29 is 14.8 Å². The molecule has 0 saturated heterocycles. The lowest BCUT2D eigenvalue weighted by molar-refractivity contribution is -0.384. The average molecular weight is 423 g/mol. The topological polar surface area (TPSA) is 107 Å². The van der Waals surface area contributed by atoms with Gasteiger partial charge in [0.05, 0.1) is 29.2 Å². The van der Waals surface area contributed by atoms with Gasteiger partial charge < -0.3 is 9.84 Å². The van der Waals surface area contributed by atoms with Crippen LogP contribution >= 0.6 is 11.3 Å². The number of nitro benzene ring substituents is 1. The Morgan fingerprint density at radius 2 is 2.00 bits per heavy atom. The van der Waals surface area contributed by atoms with Crippen molar-refractivity contribution in [1.29, 1.82) is 0 Å². The third kappa shape index (κ3) is 4.07. The van der Waals surface area contributed by atoms with Gasteiger partial charge in [-0.1, -0.05) is 36.4 Å². The molecule has 152 valence electrons. The van der Waals surface area contributed by atoms with Crippen molar-refractivity contribution in [3.63, 3.8) is 0 Å². The molecule has 4 rings (SSSR count). The van der Waals surface area contributed by atoms with Crippen LogP contribution in [0, 0.1) is 10.1 Å². The molecule has 0 radical (unpaired) electrons. The minimum Gasteiger partial charge on any atom is -0.491 e. The van der Waals surface area contributed by atoms with Crippen molar-refractivity contribution in [2.45, 2.75) is 12.6 Å². The van der Waals surface area contributed by atoms with E-state index in [0.717, 1.165) is 11.1 Å². The summed E-state index contributed by atoms with van der Waals surface area (Å²) in [6, 6.07) is 15.3. The highest BCUT2D eigenvalue weighted by molar-refractivity contribution is 7.17. The number of rotatable bonds is 7. The number of aliphatic hydroxyl groups excluding tert-OH is 1. The maximum absolute atomic E-state index is 13.0. The Morgan fingerprint density at radius 3 is 2.77 bits per heavy atom. The summed E-state index contributed by atoms with van der Waals surface area (Å²) >= 11 is 1.40. The minimum absolute atomic E-state index is 0.0131. The highest BCUT2D eigenvalue weighted by atomic mass is 32.1. The molecule has 0 saturated carbocycles. The number of fused-ring (bicyclic) bond motifs is 1. The average Bonchev–Trinajstić information content (AvgIpc) is 3.20. The molecule has 2 heterocycles. The fourth-order valence-electron chi connectivity index (χ4n) is 3.09. The molecule has 4 aromatic rings. The molecule has 0 bridgehead atoms. The van der Waals surface area contributed by atoms with E-state index >= 15 is 0 Å². The Hall–Kier alpha value is -3.56. The fraction of sp³-hybridized carbons (Fsp3) is 0.143. The van der Waals surface area contributed by atoms with E-state index < -0.39 is 11.0 Å². The molecule has 2 aromatic carbocycles. The van der Waals surface area contributed by atoms with E-state index in [2.05, 4.69) is 4.98 Å². The number of benzene rings is 2. The predicted molar refractivity (Wildman–Crippen MR) is 114 cm³/mol. The van der Waals surface area contributed by atoms with Crippen LogP contribution in [0.4, 0.5) is 5.69 Å². The van der Waals surface area contributed by atoms with Crippen LogP contribution in [0.15, 0.2) is 71.1 Å². The molecule has 9 heteroatoms. The number of non-ortho nitro benzene ring substituents is 1. The SMILES string of the molecule is O=c1c2c(-c3ccccc3)csc2ncn1C[C@H](O)COc1cccc([N+](=O)[O-])c1.